The minimum Gasteiger partial charge on any atom is -0.449 e. The Morgan fingerprint density at radius 2 is 1.78 bits per heavy atom. The fourth-order valence-electron chi connectivity index (χ4n) is 2.05. The van der Waals surface area contributed by atoms with Gasteiger partial charge in [-0.3, -0.25) is 0 Å². The van der Waals surface area contributed by atoms with E-state index in [-0.39, 0.29) is 0 Å². The number of nitrogens with zero attached hydrogens (tertiary/aromatic N) is 1. The van der Waals surface area contributed by atoms with E-state index in [0.29, 0.717) is 17.3 Å². The fraction of sp³-hybridized carbons (Fsp3) is 0.308. The Morgan fingerprint density at radius 1 is 1.11 bits per heavy atom. The lowest BCUT2D eigenvalue weighted by molar-refractivity contribution is -0.0431. The van der Waals surface area contributed by atoms with Crippen molar-refractivity contribution in [2.24, 2.45) is 0 Å². The Kier molecular flexibility index (Phi) is 2.08. The normalized spacial score (nSPS) is 15.9. The number of fused-ring (bicyclic) bond motifs is 1. The van der Waals surface area contributed by atoms with Gasteiger partial charge in [0.25, 0.3) is 0 Å². The maximum Gasteiger partial charge on any atom is 0.246 e. The summed E-state index contributed by atoms with van der Waals surface area (Å²) in [6.45, 7) is 5.71. The highest BCUT2D eigenvalue weighted by Gasteiger charge is 2.32. The molecule has 0 saturated carbocycles. The van der Waals surface area contributed by atoms with Crippen molar-refractivity contribution in [1.29, 1.82) is 0 Å². The van der Waals surface area contributed by atoms with Gasteiger partial charge in [-0.25, -0.2) is 0 Å². The summed E-state index contributed by atoms with van der Waals surface area (Å²) in [4.78, 5) is 0. The van der Waals surface area contributed by atoms with E-state index in [4.69, 9.17) is 19.7 Å². The number of nitrogens with two attached hydrogens (primary N) is 1. The Labute approximate surface area is 104 Å². The second-order valence-electron chi connectivity index (χ2n) is 4.83. The third-order valence-electron chi connectivity index (χ3n) is 2.80. The molecule has 1 aliphatic rings. The topological polar surface area (TPSA) is 70.5 Å². The van der Waals surface area contributed by atoms with Crippen LogP contribution in [0.1, 0.15) is 19.4 Å². The molecular weight excluding hydrogens is 232 g/mol. The molecule has 0 aliphatic carbocycles. The highest BCUT2D eigenvalue weighted by molar-refractivity contribution is 5.68. The average molecular weight is 246 g/mol. The van der Waals surface area contributed by atoms with Gasteiger partial charge >= 0.3 is 0 Å². The zero-order valence-corrected chi connectivity index (χ0v) is 10.5. The van der Waals surface area contributed by atoms with Gasteiger partial charge in [-0.05, 0) is 24.6 Å². The van der Waals surface area contributed by atoms with Crippen molar-refractivity contribution in [2.45, 2.75) is 26.6 Å². The molecule has 0 fully saturated rings. The first-order valence-electron chi connectivity index (χ1n) is 5.70. The van der Waals surface area contributed by atoms with Gasteiger partial charge in [0.05, 0.1) is 0 Å². The van der Waals surface area contributed by atoms with Crippen molar-refractivity contribution >= 4 is 5.82 Å². The van der Waals surface area contributed by atoms with E-state index in [2.05, 4.69) is 5.16 Å². The fourth-order valence-corrected chi connectivity index (χ4v) is 2.05. The monoisotopic (exact) mass is 246 g/mol. The number of aromatic nitrogens is 1. The second kappa shape index (κ2) is 3.41. The van der Waals surface area contributed by atoms with Crippen molar-refractivity contribution in [3.05, 3.63) is 23.8 Å². The minimum atomic E-state index is -0.631. The Morgan fingerprint density at radius 3 is 2.39 bits per heavy atom. The van der Waals surface area contributed by atoms with Gasteiger partial charge in [0.1, 0.15) is 0 Å². The van der Waals surface area contributed by atoms with Crippen molar-refractivity contribution in [1.82, 2.24) is 5.16 Å². The molecule has 2 N–H and O–H groups in total. The standard InChI is InChI=1S/C13H14N2O3/c1-7-4-10-11(17-13(2,3)16-10)5-8(7)9-6-12(14)15-18-9/h4-6H,1-3H3,(H2,14,15). The molecule has 1 aromatic heterocycles. The first-order chi connectivity index (χ1) is 8.44. The molecule has 18 heavy (non-hydrogen) atoms. The second-order valence-corrected chi connectivity index (χ2v) is 4.83. The summed E-state index contributed by atoms with van der Waals surface area (Å²) in [7, 11) is 0. The largest absolute Gasteiger partial charge is 0.449 e. The number of rotatable bonds is 1. The van der Waals surface area contributed by atoms with Crippen molar-refractivity contribution in [3.8, 4) is 22.8 Å². The lowest BCUT2D eigenvalue weighted by Crippen LogP contribution is -2.29. The van der Waals surface area contributed by atoms with E-state index in [9.17, 15) is 0 Å². The van der Waals surface area contributed by atoms with E-state index in [1.165, 1.54) is 0 Å². The number of nitrogen functional groups attached to an aromatic ring is 1. The number of anilines is 1. The van der Waals surface area contributed by atoms with E-state index in [1.54, 1.807) is 6.07 Å². The summed E-state index contributed by atoms with van der Waals surface area (Å²) in [6.07, 6.45) is 0. The molecule has 0 atom stereocenters. The third-order valence-corrected chi connectivity index (χ3v) is 2.80. The quantitative estimate of drug-likeness (QED) is 0.837. The van der Waals surface area contributed by atoms with Crippen LogP contribution < -0.4 is 15.2 Å². The van der Waals surface area contributed by atoms with Crippen molar-refractivity contribution < 1.29 is 14.0 Å². The summed E-state index contributed by atoms with van der Waals surface area (Å²) < 4.78 is 16.6. The van der Waals surface area contributed by atoms with Crippen LogP contribution in [0.4, 0.5) is 5.82 Å². The van der Waals surface area contributed by atoms with E-state index < -0.39 is 5.79 Å². The smallest absolute Gasteiger partial charge is 0.246 e. The van der Waals surface area contributed by atoms with Crippen LogP contribution in [0, 0.1) is 6.92 Å². The lowest BCUT2D eigenvalue weighted by Gasteiger charge is -2.16. The molecule has 0 spiro atoms. The van der Waals surface area contributed by atoms with Gasteiger partial charge in [0.2, 0.25) is 5.79 Å². The van der Waals surface area contributed by atoms with Crippen LogP contribution >= 0.6 is 0 Å². The Hall–Kier alpha value is -2.17. The van der Waals surface area contributed by atoms with Gasteiger partial charge < -0.3 is 19.7 Å². The molecular formula is C13H14N2O3. The van der Waals surface area contributed by atoms with E-state index >= 15 is 0 Å². The van der Waals surface area contributed by atoms with Gasteiger partial charge in [-0.2, -0.15) is 0 Å². The highest BCUT2D eigenvalue weighted by atomic mass is 16.7. The zero-order chi connectivity index (χ0) is 12.9. The van der Waals surface area contributed by atoms with Crippen molar-refractivity contribution in [2.75, 3.05) is 5.73 Å². The van der Waals surface area contributed by atoms with Gasteiger partial charge in [0, 0.05) is 25.5 Å². The molecule has 5 heteroatoms. The van der Waals surface area contributed by atoms with Crippen LogP contribution in [0.25, 0.3) is 11.3 Å². The molecule has 1 aliphatic heterocycles. The van der Waals surface area contributed by atoms with Crippen LogP contribution in [0.5, 0.6) is 11.5 Å². The molecule has 0 saturated heterocycles. The third kappa shape index (κ3) is 1.68. The molecule has 1 aromatic carbocycles. The number of hydrogen-bond acceptors (Lipinski definition) is 5. The SMILES string of the molecule is Cc1cc2c(cc1-c1cc(N)no1)OC(C)(C)O2. The van der Waals surface area contributed by atoms with Gasteiger partial charge in [-0.1, -0.05) is 5.16 Å². The van der Waals surface area contributed by atoms with E-state index in [0.717, 1.165) is 16.9 Å². The first kappa shape index (κ1) is 11.0. The molecule has 0 radical (unpaired) electrons. The number of hydrogen-bond donors (Lipinski definition) is 1. The maximum absolute atomic E-state index is 5.70. The molecule has 0 unspecified atom stereocenters. The summed E-state index contributed by atoms with van der Waals surface area (Å²) in [5.41, 5.74) is 7.48. The molecule has 0 bridgehead atoms. The summed E-state index contributed by atoms with van der Waals surface area (Å²) in [5, 5.41) is 3.69. The van der Waals surface area contributed by atoms with Crippen LogP contribution in [-0.2, 0) is 0 Å². The molecule has 3 rings (SSSR count). The number of ether oxygens (including phenoxy) is 2. The predicted octanol–water partition coefficient (Wildman–Crippen LogP) is 2.74. The Balaban J connectivity index is 2.09. The average Bonchev–Trinajstić information content (AvgIpc) is 2.79. The first-order valence-corrected chi connectivity index (χ1v) is 5.70. The predicted molar refractivity (Wildman–Crippen MR) is 66.4 cm³/mol. The van der Waals surface area contributed by atoms with Gasteiger partial charge in [-0.15, -0.1) is 0 Å². The lowest BCUT2D eigenvalue weighted by atomic mass is 10.1. The minimum absolute atomic E-state index is 0.363. The maximum atomic E-state index is 5.70. The highest BCUT2D eigenvalue weighted by Crippen LogP contribution is 2.43. The zero-order valence-electron chi connectivity index (χ0n) is 10.5. The molecule has 5 nitrogen and oxygen atoms in total. The van der Waals surface area contributed by atoms with Crippen LogP contribution in [0.15, 0.2) is 22.7 Å². The number of aryl methyl sites for hydroxylation is 1. The molecule has 2 aromatic rings. The van der Waals surface area contributed by atoms with Gasteiger partial charge in [0.15, 0.2) is 23.1 Å². The summed E-state index contributed by atoms with van der Waals surface area (Å²) >= 11 is 0. The summed E-state index contributed by atoms with van der Waals surface area (Å²) in [6, 6.07) is 5.51. The van der Waals surface area contributed by atoms with Crippen LogP contribution in [-0.4, -0.2) is 10.9 Å². The van der Waals surface area contributed by atoms with Crippen LogP contribution in [0.2, 0.25) is 0 Å². The molecule has 94 valence electrons. The summed E-state index contributed by atoms with van der Waals surface area (Å²) in [5.74, 6) is 1.81. The molecule has 0 amide bonds. The molecule has 2 heterocycles. The van der Waals surface area contributed by atoms with Crippen LogP contribution in [0.3, 0.4) is 0 Å². The van der Waals surface area contributed by atoms with E-state index in [1.807, 2.05) is 32.9 Å². The number of benzene rings is 1. The Bertz CT molecular complexity index is 617. The van der Waals surface area contributed by atoms with Crippen molar-refractivity contribution in [3.63, 3.8) is 0 Å².